The van der Waals surface area contributed by atoms with Crippen LogP contribution in [0, 0.1) is 0 Å². The maximum Gasteiger partial charge on any atom is 0.416 e. The first-order chi connectivity index (χ1) is 9.36. The van der Waals surface area contributed by atoms with Gasteiger partial charge in [-0.1, -0.05) is 17.7 Å². The van der Waals surface area contributed by atoms with Gasteiger partial charge >= 0.3 is 6.18 Å². The molecule has 2 rings (SSSR count). The average molecular weight is 303 g/mol. The van der Waals surface area contributed by atoms with E-state index in [2.05, 4.69) is 4.98 Å². The number of nitrogens with two attached hydrogens (primary N) is 1. The molecule has 7 heteroatoms. The minimum atomic E-state index is -4.41. The number of ether oxygens (including phenoxy) is 1. The highest BCUT2D eigenvalue weighted by molar-refractivity contribution is 6.31. The second kappa shape index (κ2) is 5.58. The van der Waals surface area contributed by atoms with Crippen LogP contribution in [-0.2, 0) is 12.8 Å². The first kappa shape index (κ1) is 14.5. The molecule has 0 aliphatic rings. The lowest BCUT2D eigenvalue weighted by atomic mass is 10.2. The van der Waals surface area contributed by atoms with Crippen molar-refractivity contribution in [2.75, 3.05) is 5.73 Å². The number of nitrogens with zero attached hydrogens (tertiary/aromatic N) is 1. The zero-order chi connectivity index (χ0) is 14.8. The van der Waals surface area contributed by atoms with Crippen LogP contribution in [0.15, 0.2) is 36.4 Å². The zero-order valence-electron chi connectivity index (χ0n) is 10.1. The lowest BCUT2D eigenvalue weighted by Crippen LogP contribution is -2.06. The Morgan fingerprint density at radius 1 is 1.20 bits per heavy atom. The molecule has 1 aromatic heterocycles. The van der Waals surface area contributed by atoms with Crippen LogP contribution in [0.5, 0.6) is 5.75 Å². The molecular formula is C13H10ClF3N2O. The molecule has 0 atom stereocenters. The minimum Gasteiger partial charge on any atom is -0.487 e. The van der Waals surface area contributed by atoms with Crippen LogP contribution in [0.3, 0.4) is 0 Å². The third-order valence-electron chi connectivity index (χ3n) is 2.48. The van der Waals surface area contributed by atoms with Gasteiger partial charge in [0.1, 0.15) is 18.2 Å². The normalized spacial score (nSPS) is 11.4. The van der Waals surface area contributed by atoms with E-state index in [1.807, 2.05) is 0 Å². The van der Waals surface area contributed by atoms with E-state index in [0.29, 0.717) is 10.7 Å². The van der Waals surface area contributed by atoms with E-state index in [-0.39, 0.29) is 18.2 Å². The van der Waals surface area contributed by atoms with E-state index in [1.54, 1.807) is 6.07 Å². The van der Waals surface area contributed by atoms with Crippen molar-refractivity contribution >= 4 is 17.4 Å². The van der Waals surface area contributed by atoms with Crippen molar-refractivity contribution in [3.63, 3.8) is 0 Å². The van der Waals surface area contributed by atoms with Crippen LogP contribution in [0.4, 0.5) is 19.0 Å². The molecule has 1 heterocycles. The fourth-order valence-electron chi connectivity index (χ4n) is 1.52. The molecule has 2 N–H and O–H groups in total. The highest BCUT2D eigenvalue weighted by Crippen LogP contribution is 2.31. The van der Waals surface area contributed by atoms with Crippen LogP contribution in [-0.4, -0.2) is 4.98 Å². The highest BCUT2D eigenvalue weighted by atomic mass is 35.5. The Kier molecular flexibility index (Phi) is 4.04. The number of aromatic nitrogens is 1. The van der Waals surface area contributed by atoms with Crippen molar-refractivity contribution < 1.29 is 17.9 Å². The molecule has 20 heavy (non-hydrogen) atoms. The summed E-state index contributed by atoms with van der Waals surface area (Å²) in [6, 6.07) is 7.66. The number of halogens is 4. The second-order valence-corrected chi connectivity index (χ2v) is 4.39. The largest absolute Gasteiger partial charge is 0.487 e. The number of hydrogen-bond donors (Lipinski definition) is 1. The van der Waals surface area contributed by atoms with Gasteiger partial charge in [-0.25, -0.2) is 4.98 Å². The van der Waals surface area contributed by atoms with Gasteiger partial charge in [-0.3, -0.25) is 0 Å². The number of rotatable bonds is 3. The Balaban J connectivity index is 2.13. The van der Waals surface area contributed by atoms with Gasteiger partial charge in [0, 0.05) is 0 Å². The molecule has 3 nitrogen and oxygen atoms in total. The van der Waals surface area contributed by atoms with Crippen LogP contribution in [0.25, 0.3) is 0 Å². The second-order valence-electron chi connectivity index (χ2n) is 3.98. The summed E-state index contributed by atoms with van der Waals surface area (Å²) < 4.78 is 42.9. The van der Waals surface area contributed by atoms with Gasteiger partial charge in [-0.15, -0.1) is 0 Å². The summed E-state index contributed by atoms with van der Waals surface area (Å²) in [4.78, 5) is 3.96. The topological polar surface area (TPSA) is 48.1 Å². The molecule has 106 valence electrons. The number of pyridine rings is 1. The van der Waals surface area contributed by atoms with Crippen LogP contribution >= 0.6 is 11.6 Å². The maximum atomic E-state index is 12.5. The molecule has 0 bridgehead atoms. The summed E-state index contributed by atoms with van der Waals surface area (Å²) in [7, 11) is 0. The smallest absolute Gasteiger partial charge is 0.416 e. The van der Waals surface area contributed by atoms with Crippen molar-refractivity contribution in [2.45, 2.75) is 12.8 Å². The molecule has 0 unspecified atom stereocenters. The van der Waals surface area contributed by atoms with Gasteiger partial charge in [-0.2, -0.15) is 13.2 Å². The molecule has 0 aliphatic heterocycles. The summed E-state index contributed by atoms with van der Waals surface area (Å²) in [6.07, 6.45) is -4.41. The van der Waals surface area contributed by atoms with E-state index in [1.165, 1.54) is 18.2 Å². The Bertz CT molecular complexity index is 617. The summed E-state index contributed by atoms with van der Waals surface area (Å²) in [5.74, 6) is 0.345. The molecule has 1 aromatic carbocycles. The number of nitrogen functional groups attached to an aromatic ring is 1. The molecule has 0 saturated carbocycles. The minimum absolute atomic E-state index is 0.0643. The fraction of sp³-hybridized carbons (Fsp3) is 0.154. The van der Waals surface area contributed by atoms with E-state index in [4.69, 9.17) is 22.1 Å². The molecule has 0 aliphatic carbocycles. The number of alkyl halides is 3. The van der Waals surface area contributed by atoms with Crippen molar-refractivity contribution in [2.24, 2.45) is 0 Å². The van der Waals surface area contributed by atoms with Gasteiger partial charge in [0.25, 0.3) is 0 Å². The fourth-order valence-corrected chi connectivity index (χ4v) is 1.68. The van der Waals surface area contributed by atoms with Crippen molar-refractivity contribution in [1.82, 2.24) is 4.98 Å². The standard InChI is InChI=1S/C13H10ClF3N2O/c14-10-4-5-12(18)19-11(10)7-20-9-3-1-2-8(6-9)13(15,16)17/h1-6H,7H2,(H2,18,19). The molecule has 0 spiro atoms. The third-order valence-corrected chi connectivity index (χ3v) is 2.82. The molecule has 0 fully saturated rings. The SMILES string of the molecule is Nc1ccc(Cl)c(COc2cccc(C(F)(F)F)c2)n1. The van der Waals surface area contributed by atoms with Crippen molar-refractivity contribution in [1.29, 1.82) is 0 Å². The number of benzene rings is 1. The lowest BCUT2D eigenvalue weighted by molar-refractivity contribution is -0.137. The van der Waals surface area contributed by atoms with Gasteiger partial charge in [0.15, 0.2) is 0 Å². The number of anilines is 1. The summed E-state index contributed by atoms with van der Waals surface area (Å²) in [5.41, 5.74) is 5.09. The molecule has 0 saturated heterocycles. The van der Waals surface area contributed by atoms with E-state index in [0.717, 1.165) is 12.1 Å². The van der Waals surface area contributed by atoms with Gasteiger partial charge in [0.2, 0.25) is 0 Å². The van der Waals surface area contributed by atoms with Gasteiger partial charge in [0.05, 0.1) is 16.3 Å². The Labute approximate surface area is 118 Å². The molecule has 0 radical (unpaired) electrons. The predicted octanol–water partition coefficient (Wildman–Crippen LogP) is 3.92. The lowest BCUT2D eigenvalue weighted by Gasteiger charge is -2.10. The van der Waals surface area contributed by atoms with E-state index < -0.39 is 11.7 Å². The van der Waals surface area contributed by atoms with Crippen molar-refractivity contribution in [3.05, 3.63) is 52.7 Å². The number of hydrogen-bond acceptors (Lipinski definition) is 3. The molecular weight excluding hydrogens is 293 g/mol. The Morgan fingerprint density at radius 2 is 1.95 bits per heavy atom. The third kappa shape index (κ3) is 3.54. The first-order valence-corrected chi connectivity index (χ1v) is 5.95. The predicted molar refractivity (Wildman–Crippen MR) is 69.4 cm³/mol. The molecule has 2 aromatic rings. The van der Waals surface area contributed by atoms with Gasteiger partial charge in [-0.05, 0) is 30.3 Å². The first-order valence-electron chi connectivity index (χ1n) is 5.57. The quantitative estimate of drug-likeness (QED) is 0.935. The summed E-state index contributed by atoms with van der Waals surface area (Å²) in [5, 5.41) is 0.339. The molecule has 0 amide bonds. The summed E-state index contributed by atoms with van der Waals surface area (Å²) in [6.45, 7) is -0.0643. The van der Waals surface area contributed by atoms with Crippen LogP contribution < -0.4 is 10.5 Å². The van der Waals surface area contributed by atoms with Gasteiger partial charge < -0.3 is 10.5 Å². The summed E-state index contributed by atoms with van der Waals surface area (Å²) >= 11 is 5.89. The Morgan fingerprint density at radius 3 is 2.65 bits per heavy atom. The van der Waals surface area contributed by atoms with Crippen molar-refractivity contribution in [3.8, 4) is 5.75 Å². The maximum absolute atomic E-state index is 12.5. The van der Waals surface area contributed by atoms with Crippen LogP contribution in [0.1, 0.15) is 11.3 Å². The average Bonchev–Trinajstić information content (AvgIpc) is 2.39. The Hall–Kier alpha value is -1.95. The zero-order valence-corrected chi connectivity index (χ0v) is 10.9. The van der Waals surface area contributed by atoms with E-state index >= 15 is 0 Å². The van der Waals surface area contributed by atoms with Crippen LogP contribution in [0.2, 0.25) is 5.02 Å². The highest BCUT2D eigenvalue weighted by Gasteiger charge is 2.30. The van der Waals surface area contributed by atoms with E-state index in [9.17, 15) is 13.2 Å². The monoisotopic (exact) mass is 302 g/mol.